The first-order chi connectivity index (χ1) is 11.2. The normalized spacial score (nSPS) is 31.3. The Morgan fingerprint density at radius 2 is 1.96 bits per heavy atom. The van der Waals surface area contributed by atoms with Crippen molar-refractivity contribution in [3.05, 3.63) is 18.2 Å². The van der Waals surface area contributed by atoms with Crippen LogP contribution >= 0.6 is 0 Å². The Labute approximate surface area is 132 Å². The molecule has 0 aliphatic carbocycles. The smallest absolute Gasteiger partial charge is 0.195 e. The molecule has 0 radical (unpaired) electrons. The lowest BCUT2D eigenvalue weighted by atomic mass is 10.0. The summed E-state index contributed by atoms with van der Waals surface area (Å²) >= 11 is 0. The van der Waals surface area contributed by atoms with Crippen molar-refractivity contribution < 1.29 is 24.5 Å². The van der Waals surface area contributed by atoms with Crippen molar-refractivity contribution in [1.82, 2.24) is 9.97 Å². The minimum absolute atomic E-state index is 0.363. The van der Waals surface area contributed by atoms with E-state index in [9.17, 15) is 15.3 Å². The fourth-order valence-electron chi connectivity index (χ4n) is 3.37. The number of ether oxygens (including phenoxy) is 1. The predicted octanol–water partition coefficient (Wildman–Crippen LogP) is -0.0230. The van der Waals surface area contributed by atoms with E-state index in [1.54, 1.807) is 0 Å². The van der Waals surface area contributed by atoms with Crippen LogP contribution in [0.1, 0.15) is 24.5 Å². The number of anilines is 1. The van der Waals surface area contributed by atoms with E-state index in [0.29, 0.717) is 16.7 Å². The Kier molecular flexibility index (Phi) is 3.68. The molecule has 2 aromatic rings. The third-order valence-corrected chi connectivity index (χ3v) is 4.62. The molecule has 2 aliphatic heterocycles. The Bertz CT molecular complexity index is 699. The lowest BCUT2D eigenvalue weighted by molar-refractivity contribution is -0.0226. The second-order valence-electron chi connectivity index (χ2n) is 6.02. The third-order valence-electron chi connectivity index (χ3n) is 4.62. The number of rotatable bonds is 3. The number of aromatic nitrogens is 2. The molecule has 2 aromatic heterocycles. The molecule has 3 N–H and O–H groups in total. The zero-order valence-corrected chi connectivity index (χ0v) is 12.5. The van der Waals surface area contributed by atoms with E-state index < -0.39 is 24.4 Å². The van der Waals surface area contributed by atoms with E-state index in [0.717, 1.165) is 31.7 Å². The first-order valence-electron chi connectivity index (χ1n) is 7.80. The average Bonchev–Trinajstić information content (AvgIpc) is 3.28. The number of nitrogens with zero attached hydrogens (tertiary/aromatic N) is 3. The van der Waals surface area contributed by atoms with E-state index in [-0.39, 0.29) is 6.61 Å². The lowest BCUT2D eigenvalue weighted by Crippen LogP contribution is -2.32. The minimum atomic E-state index is -1.14. The Morgan fingerprint density at radius 3 is 2.65 bits per heavy atom. The maximum Gasteiger partial charge on any atom is 0.195 e. The van der Waals surface area contributed by atoms with Crippen molar-refractivity contribution in [3.8, 4) is 0 Å². The molecule has 0 amide bonds. The van der Waals surface area contributed by atoms with Crippen LogP contribution in [0.15, 0.2) is 17.0 Å². The predicted molar refractivity (Wildman–Crippen MR) is 80.0 cm³/mol. The average molecular weight is 321 g/mol. The van der Waals surface area contributed by atoms with Crippen LogP contribution in [0.4, 0.5) is 5.82 Å². The number of aliphatic hydroxyl groups is 3. The highest BCUT2D eigenvalue weighted by Crippen LogP contribution is 2.39. The van der Waals surface area contributed by atoms with E-state index in [1.807, 2.05) is 0 Å². The molecule has 0 spiro atoms. The summed E-state index contributed by atoms with van der Waals surface area (Å²) in [5, 5.41) is 29.3. The summed E-state index contributed by atoms with van der Waals surface area (Å²) in [6.07, 6.45) is 1.30. The largest absolute Gasteiger partial charge is 0.458 e. The number of fused-ring (bicyclic) bond motifs is 1. The number of furan rings is 1. The summed E-state index contributed by atoms with van der Waals surface area (Å²) in [4.78, 5) is 10.7. The fraction of sp³-hybridized carbons (Fsp3) is 0.600. The second kappa shape index (κ2) is 5.72. The molecule has 2 aliphatic rings. The lowest BCUT2D eigenvalue weighted by Gasteiger charge is -2.16. The SMILES string of the molecule is OC[C@H]1O[C@@H](c2coc3c(N4CCCC4)ncnc23)[C@H](O)[C@@H]1O. The highest BCUT2D eigenvalue weighted by atomic mass is 16.6. The fourth-order valence-corrected chi connectivity index (χ4v) is 3.37. The topological polar surface area (TPSA) is 112 Å². The van der Waals surface area contributed by atoms with Gasteiger partial charge in [-0.3, -0.25) is 0 Å². The van der Waals surface area contributed by atoms with E-state index >= 15 is 0 Å². The molecule has 0 saturated carbocycles. The molecule has 4 atom stereocenters. The summed E-state index contributed by atoms with van der Waals surface area (Å²) in [6, 6.07) is 0. The van der Waals surface area contributed by atoms with Gasteiger partial charge in [0, 0.05) is 18.7 Å². The van der Waals surface area contributed by atoms with Crippen LogP contribution in [0.5, 0.6) is 0 Å². The Balaban J connectivity index is 1.73. The van der Waals surface area contributed by atoms with Gasteiger partial charge in [0.2, 0.25) is 0 Å². The Hall–Kier alpha value is -1.74. The van der Waals surface area contributed by atoms with Gasteiger partial charge in [0.25, 0.3) is 0 Å². The van der Waals surface area contributed by atoms with Gasteiger partial charge in [-0.05, 0) is 12.8 Å². The van der Waals surface area contributed by atoms with Crippen LogP contribution in [0, 0.1) is 0 Å². The number of hydrogen-bond acceptors (Lipinski definition) is 8. The van der Waals surface area contributed by atoms with Gasteiger partial charge in [0.15, 0.2) is 11.4 Å². The zero-order chi connectivity index (χ0) is 16.0. The summed E-state index contributed by atoms with van der Waals surface area (Å²) in [5.74, 6) is 0.741. The van der Waals surface area contributed by atoms with Crippen molar-refractivity contribution in [1.29, 1.82) is 0 Å². The first-order valence-corrected chi connectivity index (χ1v) is 7.80. The summed E-state index contributed by atoms with van der Waals surface area (Å²) in [6.45, 7) is 1.49. The molecule has 124 valence electrons. The van der Waals surface area contributed by atoms with E-state index in [1.165, 1.54) is 12.6 Å². The first kappa shape index (κ1) is 14.8. The molecule has 23 heavy (non-hydrogen) atoms. The summed E-state index contributed by atoms with van der Waals surface area (Å²) in [7, 11) is 0. The van der Waals surface area contributed by atoms with Crippen LogP contribution < -0.4 is 4.90 Å². The van der Waals surface area contributed by atoms with E-state index in [2.05, 4.69) is 14.9 Å². The zero-order valence-electron chi connectivity index (χ0n) is 12.5. The Morgan fingerprint density at radius 1 is 1.17 bits per heavy atom. The van der Waals surface area contributed by atoms with Crippen LogP contribution in [0.2, 0.25) is 0 Å². The van der Waals surface area contributed by atoms with Crippen molar-refractivity contribution in [2.24, 2.45) is 0 Å². The molecule has 4 rings (SSSR count). The minimum Gasteiger partial charge on any atom is -0.458 e. The van der Waals surface area contributed by atoms with Gasteiger partial charge in [-0.25, -0.2) is 9.97 Å². The molecule has 0 unspecified atom stereocenters. The number of aliphatic hydroxyl groups excluding tert-OH is 3. The third kappa shape index (κ3) is 2.29. The maximum atomic E-state index is 10.2. The highest BCUT2D eigenvalue weighted by molar-refractivity contribution is 5.86. The molecule has 2 saturated heterocycles. The van der Waals surface area contributed by atoms with Gasteiger partial charge in [-0.2, -0.15) is 0 Å². The second-order valence-corrected chi connectivity index (χ2v) is 6.02. The van der Waals surface area contributed by atoms with Gasteiger partial charge in [0.05, 0.1) is 12.9 Å². The molecule has 0 aromatic carbocycles. The molecular formula is C15H19N3O5. The van der Waals surface area contributed by atoms with Gasteiger partial charge in [-0.15, -0.1) is 0 Å². The van der Waals surface area contributed by atoms with Crippen LogP contribution in [0.3, 0.4) is 0 Å². The van der Waals surface area contributed by atoms with Crippen LogP contribution in [-0.4, -0.2) is 63.3 Å². The van der Waals surface area contributed by atoms with Crippen molar-refractivity contribution in [3.63, 3.8) is 0 Å². The van der Waals surface area contributed by atoms with Gasteiger partial charge in [0.1, 0.15) is 36.3 Å². The molecule has 4 heterocycles. The number of hydrogen-bond donors (Lipinski definition) is 3. The van der Waals surface area contributed by atoms with Crippen LogP contribution in [0.25, 0.3) is 11.1 Å². The quantitative estimate of drug-likeness (QED) is 0.723. The van der Waals surface area contributed by atoms with Crippen molar-refractivity contribution in [2.75, 3.05) is 24.6 Å². The van der Waals surface area contributed by atoms with Crippen LogP contribution in [-0.2, 0) is 4.74 Å². The standard InChI is InChI=1S/C15H19N3O5/c19-5-9-11(20)12(21)13(23-9)8-6-22-14-10(8)16-7-17-15(14)18-3-1-2-4-18/h6-7,9,11-13,19-21H,1-5H2/t9-,11-,12-,13+/m1/s1. The molecule has 8 nitrogen and oxygen atoms in total. The monoisotopic (exact) mass is 321 g/mol. The van der Waals surface area contributed by atoms with Gasteiger partial charge in [-0.1, -0.05) is 0 Å². The molecule has 8 heteroatoms. The van der Waals surface area contributed by atoms with Crippen molar-refractivity contribution in [2.45, 2.75) is 37.3 Å². The maximum absolute atomic E-state index is 10.2. The summed E-state index contributed by atoms with van der Waals surface area (Å²) in [5.41, 5.74) is 1.68. The molecule has 2 fully saturated rings. The van der Waals surface area contributed by atoms with Gasteiger partial charge < -0.3 is 29.4 Å². The van der Waals surface area contributed by atoms with Crippen molar-refractivity contribution >= 4 is 16.9 Å². The highest BCUT2D eigenvalue weighted by Gasteiger charge is 2.44. The van der Waals surface area contributed by atoms with E-state index in [4.69, 9.17) is 9.15 Å². The van der Waals surface area contributed by atoms with Gasteiger partial charge >= 0.3 is 0 Å². The molecule has 0 bridgehead atoms. The molecular weight excluding hydrogens is 302 g/mol. The summed E-state index contributed by atoms with van der Waals surface area (Å²) < 4.78 is 11.2.